The first-order valence-corrected chi connectivity index (χ1v) is 15.9. The van der Waals surface area contributed by atoms with Crippen LogP contribution in [0.5, 0.6) is 0 Å². The second-order valence-electron chi connectivity index (χ2n) is 11.2. The Kier molecular flexibility index (Phi) is 5.61. The van der Waals surface area contributed by atoms with Crippen LogP contribution >= 0.6 is 23.1 Å². The molecule has 4 fully saturated rings. The average Bonchev–Trinajstić information content (AvgIpc) is 3.80. The Morgan fingerprint density at radius 1 is 1.15 bits per heavy atom. The van der Waals surface area contributed by atoms with Gasteiger partial charge in [0.25, 0.3) is 0 Å². The fourth-order valence-electron chi connectivity index (χ4n) is 7.60. The summed E-state index contributed by atoms with van der Waals surface area (Å²) in [6.45, 7) is 0.673. The number of nitrogens with zero attached hydrogens (tertiary/aromatic N) is 5. The topological polar surface area (TPSA) is 73.1 Å². The van der Waals surface area contributed by atoms with Crippen LogP contribution in [-0.4, -0.2) is 50.4 Å². The Labute approximate surface area is 238 Å². The number of rotatable bonds is 4. The Bertz CT molecular complexity index is 1820. The molecular formula is C30H28FN5O2S2. The molecule has 40 heavy (non-hydrogen) atoms. The van der Waals surface area contributed by atoms with Crippen molar-refractivity contribution in [2.45, 2.75) is 49.2 Å². The molecule has 5 heterocycles. The normalized spacial score (nSPS) is 23.9. The number of fused-ring (bicyclic) bond motifs is 5. The van der Waals surface area contributed by atoms with E-state index < -0.39 is 5.82 Å². The van der Waals surface area contributed by atoms with E-state index in [1.54, 1.807) is 11.7 Å². The lowest BCUT2D eigenvalue weighted by Crippen LogP contribution is -2.35. The number of amides is 1. The highest BCUT2D eigenvalue weighted by Gasteiger charge is 2.50. The second-order valence-corrected chi connectivity index (χ2v) is 12.8. The number of carbonyl (C=O) groups is 1. The number of hydrogen-bond donors (Lipinski definition) is 0. The first-order chi connectivity index (χ1) is 19.6. The summed E-state index contributed by atoms with van der Waals surface area (Å²) < 4.78 is 25.1. The minimum absolute atomic E-state index is 0.0797. The van der Waals surface area contributed by atoms with Crippen molar-refractivity contribution >= 4 is 61.2 Å². The van der Waals surface area contributed by atoms with Gasteiger partial charge in [-0.15, -0.1) is 23.1 Å². The number of aromatic nitrogens is 4. The van der Waals surface area contributed by atoms with E-state index >= 15 is 4.39 Å². The summed E-state index contributed by atoms with van der Waals surface area (Å²) in [5.41, 5.74) is 5.93. The number of likely N-dealkylation sites (tertiary alicyclic amines) is 1. The molecule has 4 atom stereocenters. The van der Waals surface area contributed by atoms with E-state index in [4.69, 9.17) is 14.7 Å². The minimum atomic E-state index is -0.418. The van der Waals surface area contributed by atoms with Gasteiger partial charge in [0.1, 0.15) is 16.2 Å². The zero-order valence-corrected chi connectivity index (χ0v) is 23.9. The zero-order chi connectivity index (χ0) is 27.1. The molecule has 1 aromatic carbocycles. The van der Waals surface area contributed by atoms with Crippen LogP contribution in [0.15, 0.2) is 41.0 Å². The van der Waals surface area contributed by atoms with Gasteiger partial charge in [0.2, 0.25) is 0 Å². The molecule has 1 amide bonds. The van der Waals surface area contributed by atoms with Crippen LogP contribution in [-0.2, 0) is 4.74 Å². The number of para-hydroxylation sites is 1. The van der Waals surface area contributed by atoms with Gasteiger partial charge in [-0.2, -0.15) is 0 Å². The average molecular weight is 574 g/mol. The van der Waals surface area contributed by atoms with Crippen molar-refractivity contribution < 1.29 is 13.9 Å². The van der Waals surface area contributed by atoms with Crippen molar-refractivity contribution in [2.24, 2.45) is 11.8 Å². The second kappa shape index (κ2) is 9.14. The predicted molar refractivity (Wildman–Crippen MR) is 156 cm³/mol. The van der Waals surface area contributed by atoms with Crippen LogP contribution in [0, 0.1) is 17.7 Å². The monoisotopic (exact) mass is 573 g/mol. The first-order valence-electron chi connectivity index (χ1n) is 13.8. The van der Waals surface area contributed by atoms with E-state index in [2.05, 4.69) is 15.6 Å². The van der Waals surface area contributed by atoms with E-state index in [0.717, 1.165) is 50.1 Å². The number of hydrogen-bond acceptors (Lipinski definition) is 7. The number of benzene rings is 1. The molecule has 7 nitrogen and oxygen atoms in total. The number of thiazole rings is 1. The summed E-state index contributed by atoms with van der Waals surface area (Å²) in [6, 6.07) is 8.26. The summed E-state index contributed by atoms with van der Waals surface area (Å²) in [5, 5.41) is 2.52. The molecule has 4 aromatic heterocycles. The van der Waals surface area contributed by atoms with Gasteiger partial charge < -0.3 is 9.30 Å². The van der Waals surface area contributed by atoms with Crippen molar-refractivity contribution in [3.05, 3.63) is 47.5 Å². The molecule has 5 aromatic rings. The molecule has 0 unspecified atom stereocenters. The first kappa shape index (κ1) is 24.5. The lowest BCUT2D eigenvalue weighted by Gasteiger charge is -2.40. The fraction of sp³-hybridized carbons (Fsp3) is 0.400. The number of pyridine rings is 2. The Hall–Kier alpha value is -3.24. The number of ether oxygens (including phenoxy) is 1. The van der Waals surface area contributed by atoms with E-state index in [0.29, 0.717) is 35.5 Å². The lowest BCUT2D eigenvalue weighted by molar-refractivity contribution is 0.113. The third-order valence-electron chi connectivity index (χ3n) is 9.35. The molecule has 0 N–H and O–H groups in total. The fourth-order valence-corrected chi connectivity index (χ4v) is 8.86. The number of carbonyl (C=O) groups excluding carboxylic acids is 1. The van der Waals surface area contributed by atoms with Crippen molar-refractivity contribution in [3.8, 4) is 11.3 Å². The molecule has 9 rings (SSSR count). The van der Waals surface area contributed by atoms with Crippen molar-refractivity contribution in [3.63, 3.8) is 0 Å². The van der Waals surface area contributed by atoms with Crippen LogP contribution in [0.4, 0.5) is 9.18 Å². The van der Waals surface area contributed by atoms with Gasteiger partial charge in [-0.05, 0) is 62.3 Å². The highest BCUT2D eigenvalue weighted by molar-refractivity contribution is 7.98. The maximum Gasteiger partial charge on any atom is 0.410 e. The van der Waals surface area contributed by atoms with Gasteiger partial charge in [-0.25, -0.2) is 19.2 Å². The molecule has 4 aliphatic rings. The maximum absolute atomic E-state index is 16.5. The highest BCUT2D eigenvalue weighted by Crippen LogP contribution is 2.59. The summed E-state index contributed by atoms with van der Waals surface area (Å²) >= 11 is 3.06. The number of methoxy groups -OCH3 is 1. The van der Waals surface area contributed by atoms with Crippen molar-refractivity contribution in [1.29, 1.82) is 0 Å². The van der Waals surface area contributed by atoms with Gasteiger partial charge in [0, 0.05) is 40.8 Å². The SMILES string of the molecule is COC(=O)N1CCC[C@@H]1c1cc2c(SC)nc3c(F)c(-c4cccc5scnc45)ncc3c2n1[C@@H]1[C@@H]2CC[C@H]1C2. The van der Waals surface area contributed by atoms with Gasteiger partial charge in [-0.3, -0.25) is 9.88 Å². The van der Waals surface area contributed by atoms with Crippen LogP contribution in [0.2, 0.25) is 0 Å². The van der Waals surface area contributed by atoms with Gasteiger partial charge in [0.05, 0.1) is 34.4 Å². The van der Waals surface area contributed by atoms with Gasteiger partial charge >= 0.3 is 6.09 Å². The van der Waals surface area contributed by atoms with E-state index in [9.17, 15) is 4.79 Å². The third kappa shape index (κ3) is 3.35. The van der Waals surface area contributed by atoms with E-state index in [1.807, 2.05) is 29.4 Å². The molecule has 0 spiro atoms. The maximum atomic E-state index is 16.5. The molecule has 3 saturated carbocycles. The summed E-state index contributed by atoms with van der Waals surface area (Å²) in [7, 11) is 1.45. The van der Waals surface area contributed by atoms with Crippen LogP contribution in [0.1, 0.15) is 49.9 Å². The lowest BCUT2D eigenvalue weighted by atomic mass is 9.78. The molecule has 1 aliphatic heterocycles. The molecule has 3 aliphatic carbocycles. The summed E-state index contributed by atoms with van der Waals surface area (Å²) in [6.07, 6.45) is 8.96. The molecule has 1 saturated heterocycles. The van der Waals surface area contributed by atoms with E-state index in [-0.39, 0.29) is 17.8 Å². The third-order valence-corrected chi connectivity index (χ3v) is 10.8. The standard InChI is InChI=1S/C30H28FN5O2S2/c1-38-30(37)35-10-4-6-20(35)21-12-18-28(36(21)27-15-8-9-16(27)11-15)19-13-32-25(23(31)26(19)34-29(18)39-2)17-5-3-7-22-24(17)33-14-40-22/h3,5,7,12-16,20,27H,4,6,8-11H2,1-2H3/t15-,16+,20-,27-/m1/s1. The van der Waals surface area contributed by atoms with Crippen molar-refractivity contribution in [1.82, 2.24) is 24.4 Å². The van der Waals surface area contributed by atoms with Crippen molar-refractivity contribution in [2.75, 3.05) is 19.9 Å². The Morgan fingerprint density at radius 3 is 2.77 bits per heavy atom. The van der Waals surface area contributed by atoms with Gasteiger partial charge in [-0.1, -0.05) is 12.1 Å². The van der Waals surface area contributed by atoms with Crippen LogP contribution in [0.3, 0.4) is 0 Å². The molecular weight excluding hydrogens is 545 g/mol. The summed E-state index contributed by atoms with van der Waals surface area (Å²) in [5.74, 6) is 0.790. The Morgan fingerprint density at radius 2 is 2.00 bits per heavy atom. The predicted octanol–water partition coefficient (Wildman–Crippen LogP) is 7.60. The van der Waals surface area contributed by atoms with Gasteiger partial charge in [0.15, 0.2) is 5.82 Å². The quantitative estimate of drug-likeness (QED) is 0.206. The molecule has 10 heteroatoms. The summed E-state index contributed by atoms with van der Waals surface area (Å²) in [4.78, 5) is 28.7. The van der Waals surface area contributed by atoms with Crippen LogP contribution < -0.4 is 0 Å². The molecule has 204 valence electrons. The highest BCUT2D eigenvalue weighted by atomic mass is 32.2. The Balaban J connectivity index is 1.41. The van der Waals surface area contributed by atoms with Crippen LogP contribution in [0.25, 0.3) is 43.3 Å². The largest absolute Gasteiger partial charge is 0.453 e. The van der Waals surface area contributed by atoms with E-state index in [1.165, 1.54) is 49.5 Å². The molecule has 0 radical (unpaired) electrons. The molecule has 2 bridgehead atoms. The number of halogens is 1. The zero-order valence-electron chi connectivity index (χ0n) is 22.3. The number of thioether (sulfide) groups is 1. The minimum Gasteiger partial charge on any atom is -0.453 e. The smallest absolute Gasteiger partial charge is 0.410 e.